The van der Waals surface area contributed by atoms with Crippen molar-refractivity contribution in [2.75, 3.05) is 13.1 Å². The second-order valence-corrected chi connectivity index (χ2v) is 7.43. The van der Waals surface area contributed by atoms with Gasteiger partial charge in [-0.25, -0.2) is 9.97 Å². The SMILES string of the molecule is Cc1cc(-c2cnc(C)nc2C2CCN(C(=O)c3ccccc3C)CC2)on1. The number of carbonyl (C=O) groups is 1. The van der Waals surface area contributed by atoms with Crippen molar-refractivity contribution in [1.82, 2.24) is 20.0 Å². The van der Waals surface area contributed by atoms with E-state index in [1.54, 1.807) is 0 Å². The molecule has 0 radical (unpaired) electrons. The largest absolute Gasteiger partial charge is 0.356 e. The van der Waals surface area contributed by atoms with Gasteiger partial charge in [-0.1, -0.05) is 23.4 Å². The third-order valence-electron chi connectivity index (χ3n) is 5.38. The topological polar surface area (TPSA) is 72.1 Å². The number of amides is 1. The number of rotatable bonds is 3. The van der Waals surface area contributed by atoms with Gasteiger partial charge >= 0.3 is 0 Å². The van der Waals surface area contributed by atoms with Crippen molar-refractivity contribution in [3.05, 3.63) is 64.9 Å². The molecule has 0 saturated carbocycles. The number of benzene rings is 1. The Morgan fingerprint density at radius 2 is 1.89 bits per heavy atom. The maximum atomic E-state index is 12.9. The van der Waals surface area contributed by atoms with E-state index in [4.69, 9.17) is 9.51 Å². The van der Waals surface area contributed by atoms with Gasteiger partial charge in [0.1, 0.15) is 5.82 Å². The van der Waals surface area contributed by atoms with Gasteiger partial charge in [0.25, 0.3) is 5.91 Å². The summed E-state index contributed by atoms with van der Waals surface area (Å²) in [5.41, 5.74) is 4.53. The third kappa shape index (κ3) is 3.54. The van der Waals surface area contributed by atoms with Gasteiger partial charge in [-0.2, -0.15) is 0 Å². The Kier molecular flexibility index (Phi) is 4.94. The van der Waals surface area contributed by atoms with Crippen LogP contribution in [-0.2, 0) is 0 Å². The van der Waals surface area contributed by atoms with Crippen molar-refractivity contribution in [3.8, 4) is 11.3 Å². The van der Waals surface area contributed by atoms with E-state index in [-0.39, 0.29) is 11.8 Å². The van der Waals surface area contributed by atoms with Gasteiger partial charge in [0, 0.05) is 36.8 Å². The lowest BCUT2D eigenvalue weighted by atomic mass is 9.89. The average molecular weight is 376 g/mol. The quantitative estimate of drug-likeness (QED) is 0.689. The van der Waals surface area contributed by atoms with Gasteiger partial charge in [0.15, 0.2) is 5.76 Å². The molecule has 1 aliphatic heterocycles. The molecule has 144 valence electrons. The summed E-state index contributed by atoms with van der Waals surface area (Å²) in [5, 5.41) is 4.00. The number of nitrogens with zero attached hydrogens (tertiary/aromatic N) is 4. The number of hydrogen-bond donors (Lipinski definition) is 0. The first-order valence-corrected chi connectivity index (χ1v) is 9.65. The summed E-state index contributed by atoms with van der Waals surface area (Å²) in [6.45, 7) is 7.22. The molecule has 3 heterocycles. The zero-order valence-corrected chi connectivity index (χ0v) is 16.5. The van der Waals surface area contributed by atoms with E-state index in [9.17, 15) is 4.79 Å². The van der Waals surface area contributed by atoms with Crippen LogP contribution in [0.4, 0.5) is 0 Å². The van der Waals surface area contributed by atoms with Crippen molar-refractivity contribution >= 4 is 5.91 Å². The molecule has 1 fully saturated rings. The summed E-state index contributed by atoms with van der Waals surface area (Å²) >= 11 is 0. The first-order chi connectivity index (χ1) is 13.5. The van der Waals surface area contributed by atoms with Crippen LogP contribution in [0.25, 0.3) is 11.3 Å². The summed E-state index contributed by atoms with van der Waals surface area (Å²) in [7, 11) is 0. The highest BCUT2D eigenvalue weighted by Gasteiger charge is 2.28. The van der Waals surface area contributed by atoms with Crippen LogP contribution in [-0.4, -0.2) is 39.0 Å². The molecule has 1 aliphatic rings. The number of aromatic nitrogens is 3. The fraction of sp³-hybridized carbons (Fsp3) is 0.364. The van der Waals surface area contributed by atoms with E-state index in [0.717, 1.165) is 59.8 Å². The second-order valence-electron chi connectivity index (χ2n) is 7.43. The number of aryl methyl sites for hydroxylation is 3. The van der Waals surface area contributed by atoms with E-state index in [1.165, 1.54) is 0 Å². The lowest BCUT2D eigenvalue weighted by Gasteiger charge is -2.32. The first kappa shape index (κ1) is 18.3. The van der Waals surface area contributed by atoms with Crippen molar-refractivity contribution < 1.29 is 9.32 Å². The highest BCUT2D eigenvalue weighted by molar-refractivity contribution is 5.95. The van der Waals surface area contributed by atoms with E-state index < -0.39 is 0 Å². The van der Waals surface area contributed by atoms with Crippen molar-refractivity contribution in [2.24, 2.45) is 0 Å². The zero-order chi connectivity index (χ0) is 19.7. The summed E-state index contributed by atoms with van der Waals surface area (Å²) in [4.78, 5) is 23.9. The number of hydrogen-bond acceptors (Lipinski definition) is 5. The molecule has 28 heavy (non-hydrogen) atoms. The summed E-state index contributed by atoms with van der Waals surface area (Å²) in [5.74, 6) is 1.82. The molecule has 6 heteroatoms. The normalized spacial score (nSPS) is 15.0. The average Bonchev–Trinajstić information content (AvgIpc) is 3.14. The molecular formula is C22H24N4O2. The van der Waals surface area contributed by atoms with Crippen LogP contribution in [0.15, 0.2) is 41.1 Å². The Morgan fingerprint density at radius 1 is 1.14 bits per heavy atom. The zero-order valence-electron chi connectivity index (χ0n) is 16.5. The van der Waals surface area contributed by atoms with Crippen molar-refractivity contribution in [1.29, 1.82) is 0 Å². The van der Waals surface area contributed by atoms with Gasteiger partial charge in [0.05, 0.1) is 17.0 Å². The molecule has 0 N–H and O–H groups in total. The van der Waals surface area contributed by atoms with Gasteiger partial charge in [0.2, 0.25) is 0 Å². The molecule has 1 aromatic carbocycles. The second kappa shape index (κ2) is 7.54. The predicted molar refractivity (Wildman–Crippen MR) is 106 cm³/mol. The first-order valence-electron chi connectivity index (χ1n) is 9.65. The Bertz CT molecular complexity index is 1000. The molecule has 0 spiro atoms. The van der Waals surface area contributed by atoms with Gasteiger partial charge in [-0.05, 0) is 45.2 Å². The van der Waals surface area contributed by atoms with E-state index >= 15 is 0 Å². The number of carbonyl (C=O) groups excluding carboxylic acids is 1. The number of piperidine rings is 1. The van der Waals surface area contributed by atoms with Crippen LogP contribution in [0.1, 0.15) is 51.9 Å². The lowest BCUT2D eigenvalue weighted by molar-refractivity contribution is 0.0711. The smallest absolute Gasteiger partial charge is 0.254 e. The number of likely N-dealkylation sites (tertiary alicyclic amines) is 1. The Balaban J connectivity index is 1.54. The Labute approximate surface area is 164 Å². The maximum Gasteiger partial charge on any atom is 0.254 e. The Morgan fingerprint density at radius 3 is 2.57 bits per heavy atom. The highest BCUT2D eigenvalue weighted by atomic mass is 16.5. The van der Waals surface area contributed by atoms with Gasteiger partial charge in [-0.3, -0.25) is 4.79 Å². The van der Waals surface area contributed by atoms with Gasteiger partial charge in [-0.15, -0.1) is 0 Å². The molecule has 1 amide bonds. The standard InChI is InChI=1S/C22H24N4O2/c1-14-6-4-5-7-18(14)22(27)26-10-8-17(9-11-26)21-19(13-23-16(3)24-21)20-12-15(2)25-28-20/h4-7,12-13,17H,8-11H2,1-3H3. The minimum atomic E-state index is 0.113. The van der Waals surface area contributed by atoms with Crippen LogP contribution in [0, 0.1) is 20.8 Å². The molecule has 1 saturated heterocycles. The van der Waals surface area contributed by atoms with Gasteiger partial charge < -0.3 is 9.42 Å². The van der Waals surface area contributed by atoms with E-state index in [1.807, 2.05) is 62.2 Å². The highest BCUT2D eigenvalue weighted by Crippen LogP contribution is 2.34. The van der Waals surface area contributed by atoms with E-state index in [2.05, 4.69) is 10.1 Å². The molecular weight excluding hydrogens is 352 g/mol. The van der Waals surface area contributed by atoms with Crippen LogP contribution < -0.4 is 0 Å². The maximum absolute atomic E-state index is 12.9. The molecule has 4 rings (SSSR count). The monoisotopic (exact) mass is 376 g/mol. The minimum Gasteiger partial charge on any atom is -0.356 e. The predicted octanol–water partition coefficient (Wildman–Crippen LogP) is 4.08. The Hall–Kier alpha value is -3.02. The fourth-order valence-corrected chi connectivity index (χ4v) is 3.82. The van der Waals surface area contributed by atoms with Crippen LogP contribution >= 0.6 is 0 Å². The molecule has 0 bridgehead atoms. The molecule has 3 aromatic rings. The third-order valence-corrected chi connectivity index (χ3v) is 5.38. The summed E-state index contributed by atoms with van der Waals surface area (Å²) < 4.78 is 5.46. The van der Waals surface area contributed by atoms with E-state index in [0.29, 0.717) is 5.76 Å². The molecule has 0 unspecified atom stereocenters. The fourth-order valence-electron chi connectivity index (χ4n) is 3.82. The lowest BCUT2D eigenvalue weighted by Crippen LogP contribution is -2.38. The van der Waals surface area contributed by atoms with Crippen molar-refractivity contribution in [2.45, 2.75) is 39.5 Å². The summed E-state index contributed by atoms with van der Waals surface area (Å²) in [6, 6.07) is 9.68. The van der Waals surface area contributed by atoms with Crippen LogP contribution in [0.3, 0.4) is 0 Å². The van der Waals surface area contributed by atoms with Crippen LogP contribution in [0.2, 0.25) is 0 Å². The summed E-state index contributed by atoms with van der Waals surface area (Å²) in [6.07, 6.45) is 3.56. The minimum absolute atomic E-state index is 0.113. The van der Waals surface area contributed by atoms with Crippen LogP contribution in [0.5, 0.6) is 0 Å². The molecule has 6 nitrogen and oxygen atoms in total. The molecule has 0 aliphatic carbocycles. The molecule has 2 aromatic heterocycles. The van der Waals surface area contributed by atoms with Crippen molar-refractivity contribution in [3.63, 3.8) is 0 Å². The molecule has 0 atom stereocenters.